The van der Waals surface area contributed by atoms with E-state index in [-0.39, 0.29) is 17.9 Å². The van der Waals surface area contributed by atoms with E-state index in [4.69, 9.17) is 0 Å². The number of hydrogen-bond donors (Lipinski definition) is 1. The molecule has 0 spiro atoms. The summed E-state index contributed by atoms with van der Waals surface area (Å²) in [7, 11) is -1.10. The minimum atomic E-state index is -3.16. The first kappa shape index (κ1) is 21.3. The Balaban J connectivity index is 1.60. The first-order valence-electron chi connectivity index (χ1n) is 10.4. The Bertz CT molecular complexity index is 745. The number of amides is 1. The fraction of sp³-hybridized carbons (Fsp3) is 0.750. The van der Waals surface area contributed by atoms with Gasteiger partial charge in [-0.2, -0.15) is 0 Å². The summed E-state index contributed by atoms with van der Waals surface area (Å²) < 4.78 is 26.9. The molecule has 3 rings (SSSR count). The van der Waals surface area contributed by atoms with Gasteiger partial charge in [0.15, 0.2) is 0 Å². The van der Waals surface area contributed by atoms with Gasteiger partial charge < -0.3 is 9.88 Å². The zero-order valence-corrected chi connectivity index (χ0v) is 18.0. The Morgan fingerprint density at radius 3 is 2.32 bits per heavy atom. The summed E-state index contributed by atoms with van der Waals surface area (Å²) in [6, 6.07) is 4.38. The standard InChI is InChI=1S/C20H34N4O3S/c1-22-11-7-8-18(22)19(23-12-5-3-4-6-13-23)16-21-20(25)17-9-14-24(15-10-17)28(2,26)27/h7-8,11,17,19H,3-6,9-10,12-16H2,1-2H3,(H,21,25). The van der Waals surface area contributed by atoms with Crippen LogP contribution in [-0.2, 0) is 21.9 Å². The normalized spacial score (nSPS) is 21.9. The van der Waals surface area contributed by atoms with E-state index in [0.29, 0.717) is 32.5 Å². The molecule has 158 valence electrons. The molecule has 2 aliphatic rings. The molecular weight excluding hydrogens is 376 g/mol. The predicted molar refractivity (Wildman–Crippen MR) is 110 cm³/mol. The molecule has 2 fully saturated rings. The van der Waals surface area contributed by atoms with E-state index in [1.807, 2.05) is 0 Å². The average molecular weight is 411 g/mol. The zero-order chi connectivity index (χ0) is 20.1. The maximum absolute atomic E-state index is 12.8. The van der Waals surface area contributed by atoms with Gasteiger partial charge in [0.1, 0.15) is 0 Å². The lowest BCUT2D eigenvalue weighted by Gasteiger charge is -2.33. The molecule has 1 aromatic rings. The third kappa shape index (κ3) is 5.36. The van der Waals surface area contributed by atoms with Crippen LogP contribution in [0.3, 0.4) is 0 Å². The molecular formula is C20H34N4O3S. The highest BCUT2D eigenvalue weighted by Gasteiger charge is 2.30. The lowest BCUT2D eigenvalue weighted by atomic mass is 9.97. The zero-order valence-electron chi connectivity index (χ0n) is 17.1. The Morgan fingerprint density at radius 2 is 1.79 bits per heavy atom. The number of rotatable bonds is 6. The van der Waals surface area contributed by atoms with Crippen LogP contribution >= 0.6 is 0 Å². The van der Waals surface area contributed by atoms with Crippen LogP contribution in [0.1, 0.15) is 50.3 Å². The highest BCUT2D eigenvalue weighted by atomic mass is 32.2. The molecule has 7 nitrogen and oxygen atoms in total. The number of carbonyl (C=O) groups is 1. The van der Waals surface area contributed by atoms with Gasteiger partial charge in [-0.1, -0.05) is 12.8 Å². The van der Waals surface area contributed by atoms with Crippen molar-refractivity contribution in [3.8, 4) is 0 Å². The predicted octanol–water partition coefficient (Wildman–Crippen LogP) is 1.73. The molecule has 28 heavy (non-hydrogen) atoms. The molecule has 3 heterocycles. The highest BCUT2D eigenvalue weighted by Crippen LogP contribution is 2.25. The highest BCUT2D eigenvalue weighted by molar-refractivity contribution is 7.88. The summed E-state index contributed by atoms with van der Waals surface area (Å²) >= 11 is 0. The second-order valence-electron chi connectivity index (χ2n) is 8.19. The SMILES string of the molecule is Cn1cccc1C(CNC(=O)C1CCN(S(C)(=O)=O)CC1)N1CCCCCC1. The van der Waals surface area contributed by atoms with Crippen molar-refractivity contribution >= 4 is 15.9 Å². The monoisotopic (exact) mass is 410 g/mol. The van der Waals surface area contributed by atoms with Gasteiger partial charge in [0, 0.05) is 44.5 Å². The second-order valence-corrected chi connectivity index (χ2v) is 10.2. The minimum absolute atomic E-state index is 0.0576. The smallest absolute Gasteiger partial charge is 0.223 e. The molecule has 0 bridgehead atoms. The molecule has 1 amide bonds. The first-order chi connectivity index (χ1) is 13.4. The van der Waals surface area contributed by atoms with Gasteiger partial charge in [-0.15, -0.1) is 0 Å². The molecule has 0 aromatic carbocycles. The number of carbonyl (C=O) groups excluding carboxylic acids is 1. The van der Waals surface area contributed by atoms with Crippen molar-refractivity contribution in [2.75, 3.05) is 39.0 Å². The first-order valence-corrected chi connectivity index (χ1v) is 12.3. The maximum atomic E-state index is 12.8. The lowest BCUT2D eigenvalue weighted by molar-refractivity contribution is -0.126. The second kappa shape index (κ2) is 9.41. The lowest BCUT2D eigenvalue weighted by Crippen LogP contribution is -2.45. The number of nitrogens with one attached hydrogen (secondary N) is 1. The molecule has 1 unspecified atom stereocenters. The largest absolute Gasteiger partial charge is 0.354 e. The molecule has 8 heteroatoms. The van der Waals surface area contributed by atoms with E-state index in [2.05, 4.69) is 40.2 Å². The molecule has 0 saturated carbocycles. The van der Waals surface area contributed by atoms with Crippen molar-refractivity contribution in [2.24, 2.45) is 13.0 Å². The van der Waals surface area contributed by atoms with Crippen LogP contribution < -0.4 is 5.32 Å². The number of sulfonamides is 1. The summed E-state index contributed by atoms with van der Waals surface area (Å²) in [5.41, 5.74) is 1.23. The van der Waals surface area contributed by atoms with Crippen molar-refractivity contribution in [1.29, 1.82) is 0 Å². The van der Waals surface area contributed by atoms with E-state index in [0.717, 1.165) is 13.1 Å². The molecule has 1 aromatic heterocycles. The van der Waals surface area contributed by atoms with Crippen LogP contribution in [0, 0.1) is 5.92 Å². The molecule has 2 aliphatic heterocycles. The minimum Gasteiger partial charge on any atom is -0.354 e. The summed E-state index contributed by atoms with van der Waals surface area (Å²) in [4.78, 5) is 15.3. The van der Waals surface area contributed by atoms with Crippen LogP contribution in [0.5, 0.6) is 0 Å². The van der Waals surface area contributed by atoms with E-state index in [1.165, 1.54) is 41.9 Å². The quantitative estimate of drug-likeness (QED) is 0.775. The Kier molecular flexibility index (Phi) is 7.17. The van der Waals surface area contributed by atoms with Crippen molar-refractivity contribution < 1.29 is 13.2 Å². The van der Waals surface area contributed by atoms with Gasteiger partial charge in [0.2, 0.25) is 15.9 Å². The van der Waals surface area contributed by atoms with Gasteiger partial charge >= 0.3 is 0 Å². The van der Waals surface area contributed by atoms with Crippen molar-refractivity contribution in [3.05, 3.63) is 24.0 Å². The number of likely N-dealkylation sites (tertiary alicyclic amines) is 1. The van der Waals surface area contributed by atoms with Crippen LogP contribution in [-0.4, -0.2) is 67.1 Å². The molecule has 1 atom stereocenters. The van der Waals surface area contributed by atoms with Crippen LogP contribution in [0.2, 0.25) is 0 Å². The van der Waals surface area contributed by atoms with Crippen molar-refractivity contribution in [1.82, 2.24) is 19.1 Å². The number of nitrogens with zero attached hydrogens (tertiary/aromatic N) is 3. The summed E-state index contributed by atoms with van der Waals surface area (Å²) in [6.45, 7) is 3.61. The number of aryl methyl sites for hydroxylation is 1. The maximum Gasteiger partial charge on any atom is 0.223 e. The van der Waals surface area contributed by atoms with E-state index in [1.54, 1.807) is 0 Å². The van der Waals surface area contributed by atoms with E-state index in [9.17, 15) is 13.2 Å². The third-order valence-electron chi connectivity index (χ3n) is 6.17. The third-order valence-corrected chi connectivity index (χ3v) is 7.47. The molecule has 1 N–H and O–H groups in total. The Labute approximate surface area is 169 Å². The fourth-order valence-corrected chi connectivity index (χ4v) is 5.31. The van der Waals surface area contributed by atoms with Crippen molar-refractivity contribution in [3.63, 3.8) is 0 Å². The number of piperidine rings is 1. The van der Waals surface area contributed by atoms with Crippen molar-refractivity contribution in [2.45, 2.75) is 44.6 Å². The van der Waals surface area contributed by atoms with E-state index < -0.39 is 10.0 Å². The number of hydrogen-bond acceptors (Lipinski definition) is 4. The summed E-state index contributed by atoms with van der Waals surface area (Å²) in [5, 5.41) is 3.18. The van der Waals surface area contributed by atoms with Gasteiger partial charge in [0.05, 0.1) is 12.3 Å². The summed E-state index contributed by atoms with van der Waals surface area (Å²) in [6.07, 6.45) is 9.46. The van der Waals surface area contributed by atoms with Crippen LogP contribution in [0.25, 0.3) is 0 Å². The van der Waals surface area contributed by atoms with Gasteiger partial charge in [-0.3, -0.25) is 9.69 Å². The van der Waals surface area contributed by atoms with Crippen LogP contribution in [0.4, 0.5) is 0 Å². The fourth-order valence-electron chi connectivity index (χ4n) is 4.44. The molecule has 2 saturated heterocycles. The van der Waals surface area contributed by atoms with Gasteiger partial charge in [-0.05, 0) is 50.9 Å². The number of aromatic nitrogens is 1. The molecule has 0 aliphatic carbocycles. The van der Waals surface area contributed by atoms with E-state index >= 15 is 0 Å². The van der Waals surface area contributed by atoms with Gasteiger partial charge in [0.25, 0.3) is 0 Å². The Morgan fingerprint density at radius 1 is 1.14 bits per heavy atom. The average Bonchev–Trinajstić information content (AvgIpc) is 2.92. The summed E-state index contributed by atoms with van der Waals surface area (Å²) in [5.74, 6) is -0.0432. The molecule has 0 radical (unpaired) electrons. The van der Waals surface area contributed by atoms with Gasteiger partial charge in [-0.25, -0.2) is 12.7 Å². The Hall–Kier alpha value is -1.38. The van der Waals surface area contributed by atoms with Crippen LogP contribution in [0.15, 0.2) is 18.3 Å². The topological polar surface area (TPSA) is 74.6 Å².